The van der Waals surface area contributed by atoms with Gasteiger partial charge in [0.15, 0.2) is 0 Å². The van der Waals surface area contributed by atoms with E-state index < -0.39 is 17.5 Å². The van der Waals surface area contributed by atoms with Gasteiger partial charge in [-0.05, 0) is 85.2 Å². The van der Waals surface area contributed by atoms with E-state index >= 15 is 0 Å². The standard InChI is InChI=1S/C34H50O7/c1-19(30(38)39)10-12-26(37)20(2)25-18-29(41-22(4)36)34(9)24-11-13-27-31(5,6)28(40-21(3)35)15-16-32(27,7)23(24)14-17-33(25,34)8/h10-11,14,20,25-29,37H,12-13,15-18H2,1-9H3,(H,38,39)/b19-10+/t20-,25+,26+,27-,28+,29-,32+,33+,34+/m0/s1. The summed E-state index contributed by atoms with van der Waals surface area (Å²) in [6.45, 7) is 17.9. The lowest BCUT2D eigenvalue weighted by atomic mass is 9.44. The normalized spacial score (nSPS) is 39.2. The second-order valence-electron chi connectivity index (χ2n) is 14.5. The Balaban J connectivity index is 1.74. The van der Waals surface area contributed by atoms with Crippen molar-refractivity contribution in [2.75, 3.05) is 0 Å². The lowest BCUT2D eigenvalue weighted by Gasteiger charge is -2.61. The predicted octanol–water partition coefficient (Wildman–Crippen LogP) is 6.40. The second kappa shape index (κ2) is 10.7. The molecule has 0 saturated heterocycles. The number of allylic oxidation sites excluding steroid dienone is 3. The van der Waals surface area contributed by atoms with Gasteiger partial charge in [0.2, 0.25) is 0 Å². The number of aliphatic hydroxyl groups is 1. The van der Waals surface area contributed by atoms with Gasteiger partial charge in [-0.3, -0.25) is 9.59 Å². The van der Waals surface area contributed by atoms with Crippen LogP contribution >= 0.6 is 0 Å². The number of esters is 2. The van der Waals surface area contributed by atoms with E-state index in [1.165, 1.54) is 25.0 Å². The van der Waals surface area contributed by atoms with Gasteiger partial charge in [0.1, 0.15) is 12.2 Å². The summed E-state index contributed by atoms with van der Waals surface area (Å²) < 4.78 is 11.9. The maximum absolute atomic E-state index is 12.4. The van der Waals surface area contributed by atoms with Crippen LogP contribution in [0.2, 0.25) is 0 Å². The van der Waals surface area contributed by atoms with E-state index in [9.17, 15) is 24.6 Å². The van der Waals surface area contributed by atoms with E-state index in [0.29, 0.717) is 12.3 Å². The van der Waals surface area contributed by atoms with Crippen molar-refractivity contribution in [2.24, 2.45) is 39.4 Å². The maximum atomic E-state index is 12.4. The summed E-state index contributed by atoms with van der Waals surface area (Å²) in [5.41, 5.74) is 1.82. The zero-order chi connectivity index (χ0) is 30.7. The van der Waals surface area contributed by atoms with Crippen LogP contribution in [-0.4, -0.2) is 46.4 Å². The van der Waals surface area contributed by atoms with Crippen LogP contribution in [0.15, 0.2) is 34.9 Å². The van der Waals surface area contributed by atoms with Crippen LogP contribution in [-0.2, 0) is 23.9 Å². The molecular weight excluding hydrogens is 520 g/mol. The van der Waals surface area contributed by atoms with Gasteiger partial charge in [-0.25, -0.2) is 4.79 Å². The monoisotopic (exact) mass is 570 g/mol. The van der Waals surface area contributed by atoms with E-state index in [4.69, 9.17) is 9.47 Å². The smallest absolute Gasteiger partial charge is 0.330 e. The number of aliphatic carboxylic acids is 1. The number of ether oxygens (including phenoxy) is 2. The van der Waals surface area contributed by atoms with Crippen molar-refractivity contribution in [3.63, 3.8) is 0 Å². The van der Waals surface area contributed by atoms with Crippen LogP contribution < -0.4 is 0 Å². The molecule has 0 spiro atoms. The van der Waals surface area contributed by atoms with Crippen LogP contribution in [0, 0.1) is 39.4 Å². The minimum atomic E-state index is -0.980. The Morgan fingerprint density at radius 2 is 1.61 bits per heavy atom. The Labute approximate surface area is 245 Å². The van der Waals surface area contributed by atoms with Gasteiger partial charge < -0.3 is 19.7 Å². The van der Waals surface area contributed by atoms with Gasteiger partial charge in [0, 0.05) is 30.3 Å². The molecule has 0 bridgehead atoms. The summed E-state index contributed by atoms with van der Waals surface area (Å²) in [6, 6.07) is 0. The molecule has 0 radical (unpaired) electrons. The number of hydrogen-bond acceptors (Lipinski definition) is 6. The molecule has 2 N–H and O–H groups in total. The first-order valence-corrected chi connectivity index (χ1v) is 15.3. The van der Waals surface area contributed by atoms with Gasteiger partial charge in [-0.15, -0.1) is 0 Å². The zero-order valence-electron chi connectivity index (χ0n) is 26.4. The summed E-state index contributed by atoms with van der Waals surface area (Å²) in [7, 11) is 0. The fourth-order valence-electron chi connectivity index (χ4n) is 9.47. The molecule has 0 unspecified atom stereocenters. The first-order valence-electron chi connectivity index (χ1n) is 15.3. The average Bonchev–Trinajstić information content (AvgIpc) is 3.10. The van der Waals surface area contributed by atoms with E-state index in [1.807, 2.05) is 6.92 Å². The SMILES string of the molecule is CC(=O)O[C@H]1C[C@H]([C@H](C)[C@H](O)C/C=C(\C)C(=O)O)[C@@]2(C)CC=C3C(=CC[C@H]4C(C)(C)[C@H](OC(C)=O)CC[C@]34C)[C@]12C. The van der Waals surface area contributed by atoms with Crippen LogP contribution in [0.1, 0.15) is 101 Å². The number of aliphatic hydroxyl groups excluding tert-OH is 1. The summed E-state index contributed by atoms with van der Waals surface area (Å²) in [5, 5.41) is 20.5. The zero-order valence-corrected chi connectivity index (χ0v) is 26.4. The van der Waals surface area contributed by atoms with Crippen molar-refractivity contribution in [1.29, 1.82) is 0 Å². The number of hydrogen-bond donors (Lipinski definition) is 2. The van der Waals surface area contributed by atoms with Gasteiger partial charge in [0.25, 0.3) is 0 Å². The molecule has 2 fully saturated rings. The summed E-state index contributed by atoms with van der Waals surface area (Å²) in [5.74, 6) is -1.28. The largest absolute Gasteiger partial charge is 0.478 e. The van der Waals surface area contributed by atoms with E-state index in [-0.39, 0.29) is 64.2 Å². The van der Waals surface area contributed by atoms with E-state index in [0.717, 1.165) is 25.7 Å². The summed E-state index contributed by atoms with van der Waals surface area (Å²) in [6.07, 6.45) is 9.51. The van der Waals surface area contributed by atoms with E-state index in [1.54, 1.807) is 13.0 Å². The van der Waals surface area contributed by atoms with Gasteiger partial charge >= 0.3 is 17.9 Å². The average molecular weight is 571 g/mol. The molecule has 7 nitrogen and oxygen atoms in total. The van der Waals surface area contributed by atoms with Crippen LogP contribution in [0.25, 0.3) is 0 Å². The topological polar surface area (TPSA) is 110 Å². The van der Waals surface area contributed by atoms with Gasteiger partial charge in [-0.1, -0.05) is 59.8 Å². The van der Waals surface area contributed by atoms with E-state index in [2.05, 4.69) is 46.8 Å². The first-order chi connectivity index (χ1) is 18.9. The highest BCUT2D eigenvalue weighted by atomic mass is 16.5. The fraction of sp³-hybridized carbons (Fsp3) is 0.735. The van der Waals surface area contributed by atoms with Crippen molar-refractivity contribution < 1.29 is 34.1 Å². The highest BCUT2D eigenvalue weighted by molar-refractivity contribution is 5.85. The molecule has 0 aromatic heterocycles. The quantitative estimate of drug-likeness (QED) is 0.269. The molecule has 4 aliphatic carbocycles. The maximum Gasteiger partial charge on any atom is 0.330 e. The highest BCUT2D eigenvalue weighted by Crippen LogP contribution is 2.72. The Kier molecular flexibility index (Phi) is 8.22. The Morgan fingerprint density at radius 3 is 2.20 bits per heavy atom. The number of carbonyl (C=O) groups is 3. The highest BCUT2D eigenvalue weighted by Gasteiger charge is 2.68. The van der Waals surface area contributed by atoms with Crippen molar-refractivity contribution >= 4 is 17.9 Å². The molecule has 4 rings (SSSR count). The Bertz CT molecular complexity index is 1190. The molecule has 9 atom stereocenters. The molecule has 0 aromatic rings. The van der Waals surface area contributed by atoms with Gasteiger partial charge in [-0.2, -0.15) is 0 Å². The van der Waals surface area contributed by atoms with Crippen molar-refractivity contribution in [1.82, 2.24) is 0 Å². The van der Waals surface area contributed by atoms with Crippen molar-refractivity contribution in [2.45, 2.75) is 119 Å². The lowest BCUT2D eigenvalue weighted by Crippen LogP contribution is -2.56. The second-order valence-corrected chi connectivity index (χ2v) is 14.5. The third-order valence-corrected chi connectivity index (χ3v) is 12.2. The van der Waals surface area contributed by atoms with Crippen molar-refractivity contribution in [3.05, 3.63) is 34.9 Å². The number of fused-ring (bicyclic) bond motifs is 5. The third kappa shape index (κ3) is 4.90. The minimum absolute atomic E-state index is 0.0609. The third-order valence-electron chi connectivity index (χ3n) is 12.2. The molecular formula is C34H50O7. The van der Waals surface area contributed by atoms with Crippen molar-refractivity contribution in [3.8, 4) is 0 Å². The minimum Gasteiger partial charge on any atom is -0.478 e. The molecule has 0 aromatic carbocycles. The first kappa shape index (κ1) is 31.5. The molecule has 7 heteroatoms. The number of rotatable bonds is 7. The Hall–Kier alpha value is -2.41. The summed E-state index contributed by atoms with van der Waals surface area (Å²) in [4.78, 5) is 35.6. The predicted molar refractivity (Wildman–Crippen MR) is 157 cm³/mol. The molecule has 228 valence electrons. The number of carboxylic acid groups (broad SMARTS) is 1. The summed E-state index contributed by atoms with van der Waals surface area (Å²) >= 11 is 0. The molecule has 0 heterocycles. The van der Waals surface area contributed by atoms with Gasteiger partial charge in [0.05, 0.1) is 6.10 Å². The van der Waals surface area contributed by atoms with Crippen LogP contribution in [0.4, 0.5) is 0 Å². The number of carbonyl (C=O) groups excluding carboxylic acids is 2. The fourth-order valence-corrected chi connectivity index (χ4v) is 9.47. The molecule has 4 aliphatic rings. The lowest BCUT2D eigenvalue weighted by molar-refractivity contribution is -0.166. The van der Waals surface area contributed by atoms with Crippen LogP contribution in [0.5, 0.6) is 0 Å². The van der Waals surface area contributed by atoms with Crippen LogP contribution in [0.3, 0.4) is 0 Å². The number of carboxylic acids is 1. The molecule has 41 heavy (non-hydrogen) atoms. The molecule has 0 amide bonds. The Morgan fingerprint density at radius 1 is 1.00 bits per heavy atom. The molecule has 0 aliphatic heterocycles. The molecule has 2 saturated carbocycles.